The smallest absolute Gasteiger partial charge is 0.132 e. The first kappa shape index (κ1) is 17.0. The van der Waals surface area contributed by atoms with Crippen molar-refractivity contribution < 1.29 is 14.2 Å². The van der Waals surface area contributed by atoms with Crippen molar-refractivity contribution in [1.29, 1.82) is 0 Å². The van der Waals surface area contributed by atoms with Crippen molar-refractivity contribution in [2.24, 2.45) is 0 Å². The number of hydrogen-bond donors (Lipinski definition) is 0. The summed E-state index contributed by atoms with van der Waals surface area (Å²) in [5.74, 6) is 6.47. The third-order valence-electron chi connectivity index (χ3n) is 4.51. The number of methoxy groups -OCH3 is 1. The molecule has 0 saturated carbocycles. The molecule has 2 aromatic carbocycles. The number of fused-ring (bicyclic) bond motifs is 1. The van der Waals surface area contributed by atoms with E-state index in [4.69, 9.17) is 14.2 Å². The minimum absolute atomic E-state index is 0.133. The molecule has 3 nitrogen and oxygen atoms in total. The van der Waals surface area contributed by atoms with Crippen LogP contribution in [0.1, 0.15) is 25.3 Å². The second-order valence-corrected chi connectivity index (χ2v) is 6.21. The van der Waals surface area contributed by atoms with Crippen molar-refractivity contribution in [3.63, 3.8) is 0 Å². The summed E-state index contributed by atoms with van der Waals surface area (Å²) in [5.41, 5.74) is 0.786. The first-order valence-corrected chi connectivity index (χ1v) is 8.46. The minimum Gasteiger partial charge on any atom is -0.381 e. The Balaban J connectivity index is 1.60. The van der Waals surface area contributed by atoms with Crippen LogP contribution in [0.3, 0.4) is 0 Å². The van der Waals surface area contributed by atoms with Crippen molar-refractivity contribution in [3.8, 4) is 11.8 Å². The molecule has 3 rings (SSSR count). The third-order valence-corrected chi connectivity index (χ3v) is 4.51. The minimum atomic E-state index is -0.376. The van der Waals surface area contributed by atoms with Gasteiger partial charge >= 0.3 is 0 Å². The second kappa shape index (κ2) is 7.81. The van der Waals surface area contributed by atoms with Crippen LogP contribution in [0.25, 0.3) is 10.8 Å². The lowest BCUT2D eigenvalue weighted by Crippen LogP contribution is -2.37. The van der Waals surface area contributed by atoms with Gasteiger partial charge in [0.05, 0.1) is 19.8 Å². The number of ether oxygens (including phenoxy) is 3. The maximum Gasteiger partial charge on any atom is 0.132 e. The van der Waals surface area contributed by atoms with Crippen molar-refractivity contribution in [2.45, 2.75) is 38.1 Å². The van der Waals surface area contributed by atoms with Crippen LogP contribution < -0.4 is 0 Å². The average Bonchev–Trinajstić information content (AvgIpc) is 2.65. The van der Waals surface area contributed by atoms with Crippen molar-refractivity contribution in [2.75, 3.05) is 20.3 Å². The number of rotatable bonds is 4. The van der Waals surface area contributed by atoms with Crippen LogP contribution in [0.2, 0.25) is 0 Å². The fourth-order valence-corrected chi connectivity index (χ4v) is 2.91. The van der Waals surface area contributed by atoms with Crippen LogP contribution in [0.4, 0.5) is 0 Å². The van der Waals surface area contributed by atoms with E-state index < -0.39 is 0 Å². The summed E-state index contributed by atoms with van der Waals surface area (Å²) in [6.45, 7) is 3.95. The molecule has 0 spiro atoms. The topological polar surface area (TPSA) is 27.7 Å². The summed E-state index contributed by atoms with van der Waals surface area (Å²) in [4.78, 5) is 0. The SMILES string of the molecule is COC1(C#CC(C)OCc2ccc3ccccc3c2)CCOCC1. The summed E-state index contributed by atoms with van der Waals surface area (Å²) < 4.78 is 16.9. The number of hydrogen-bond acceptors (Lipinski definition) is 3. The van der Waals surface area contributed by atoms with Gasteiger partial charge < -0.3 is 14.2 Å². The molecule has 1 unspecified atom stereocenters. The highest BCUT2D eigenvalue weighted by molar-refractivity contribution is 5.82. The van der Waals surface area contributed by atoms with E-state index in [2.05, 4.69) is 54.3 Å². The van der Waals surface area contributed by atoms with E-state index in [9.17, 15) is 0 Å². The van der Waals surface area contributed by atoms with Gasteiger partial charge in [0.15, 0.2) is 0 Å². The predicted octanol–water partition coefficient (Wildman–Crippen LogP) is 3.94. The van der Waals surface area contributed by atoms with Crippen LogP contribution in [0, 0.1) is 11.8 Å². The van der Waals surface area contributed by atoms with E-state index in [-0.39, 0.29) is 11.7 Å². The highest BCUT2D eigenvalue weighted by Crippen LogP contribution is 2.23. The Morgan fingerprint density at radius 1 is 1.12 bits per heavy atom. The molecule has 1 heterocycles. The molecule has 0 aliphatic carbocycles. The number of benzene rings is 2. The van der Waals surface area contributed by atoms with Gasteiger partial charge in [-0.25, -0.2) is 0 Å². The average molecular weight is 324 g/mol. The molecule has 1 aliphatic rings. The molecule has 1 fully saturated rings. The molecule has 0 radical (unpaired) electrons. The molecule has 1 atom stereocenters. The van der Waals surface area contributed by atoms with Gasteiger partial charge in [0, 0.05) is 20.0 Å². The molecule has 126 valence electrons. The lowest BCUT2D eigenvalue weighted by molar-refractivity contribution is -0.0527. The standard InChI is InChI=1S/C21H24O3/c1-17(9-10-21(22-2)11-13-23-14-12-21)24-16-18-7-8-19-5-3-4-6-20(19)15-18/h3-8,15,17H,11-14,16H2,1-2H3. The van der Waals surface area contributed by atoms with Gasteiger partial charge in [-0.3, -0.25) is 0 Å². The Morgan fingerprint density at radius 3 is 2.62 bits per heavy atom. The predicted molar refractivity (Wildman–Crippen MR) is 95.8 cm³/mol. The van der Waals surface area contributed by atoms with E-state index in [0.717, 1.165) is 18.4 Å². The van der Waals surface area contributed by atoms with E-state index in [0.29, 0.717) is 19.8 Å². The molecule has 0 N–H and O–H groups in total. The molecule has 24 heavy (non-hydrogen) atoms. The zero-order valence-corrected chi connectivity index (χ0v) is 14.4. The zero-order chi connectivity index (χ0) is 16.8. The van der Waals surface area contributed by atoms with Crippen molar-refractivity contribution >= 4 is 10.8 Å². The van der Waals surface area contributed by atoms with E-state index in [1.807, 2.05) is 6.92 Å². The van der Waals surface area contributed by atoms with Gasteiger partial charge in [-0.1, -0.05) is 48.2 Å². The summed E-state index contributed by atoms with van der Waals surface area (Å²) in [6, 6.07) is 14.8. The van der Waals surface area contributed by atoms with Gasteiger partial charge in [0.25, 0.3) is 0 Å². The summed E-state index contributed by atoms with van der Waals surface area (Å²) >= 11 is 0. The largest absolute Gasteiger partial charge is 0.381 e. The first-order valence-electron chi connectivity index (χ1n) is 8.46. The Bertz CT molecular complexity index is 735. The lowest BCUT2D eigenvalue weighted by atomic mass is 9.94. The van der Waals surface area contributed by atoms with E-state index in [1.165, 1.54) is 10.8 Å². The summed E-state index contributed by atoms with van der Waals surface area (Å²) in [6.07, 6.45) is 1.49. The third kappa shape index (κ3) is 4.15. The summed E-state index contributed by atoms with van der Waals surface area (Å²) in [7, 11) is 1.72. The van der Waals surface area contributed by atoms with Crippen LogP contribution in [-0.2, 0) is 20.8 Å². The Morgan fingerprint density at radius 2 is 1.88 bits per heavy atom. The van der Waals surface area contributed by atoms with Crippen molar-refractivity contribution in [3.05, 3.63) is 48.0 Å². The van der Waals surface area contributed by atoms with Gasteiger partial charge in [-0.2, -0.15) is 0 Å². The Kier molecular flexibility index (Phi) is 5.52. The fraction of sp³-hybridized carbons (Fsp3) is 0.429. The zero-order valence-electron chi connectivity index (χ0n) is 14.4. The molecule has 3 heteroatoms. The molecule has 1 saturated heterocycles. The molecular weight excluding hydrogens is 300 g/mol. The normalized spacial score (nSPS) is 17.9. The van der Waals surface area contributed by atoms with E-state index >= 15 is 0 Å². The fourth-order valence-electron chi connectivity index (χ4n) is 2.91. The highest BCUT2D eigenvalue weighted by atomic mass is 16.5. The van der Waals surface area contributed by atoms with Crippen LogP contribution in [0.15, 0.2) is 42.5 Å². The molecule has 1 aliphatic heterocycles. The van der Waals surface area contributed by atoms with Crippen molar-refractivity contribution in [1.82, 2.24) is 0 Å². The quantitative estimate of drug-likeness (QED) is 0.797. The molecule has 0 amide bonds. The molecule has 2 aromatic rings. The molecule has 0 aromatic heterocycles. The van der Waals surface area contributed by atoms with Crippen LogP contribution in [-0.4, -0.2) is 32.0 Å². The maximum atomic E-state index is 5.90. The molecular formula is C21H24O3. The first-order chi connectivity index (χ1) is 11.7. The van der Waals surface area contributed by atoms with E-state index in [1.54, 1.807) is 7.11 Å². The second-order valence-electron chi connectivity index (χ2n) is 6.21. The van der Waals surface area contributed by atoms with Gasteiger partial charge in [-0.15, -0.1) is 0 Å². The Hall–Kier alpha value is -1.86. The van der Waals surface area contributed by atoms with Crippen LogP contribution in [0.5, 0.6) is 0 Å². The summed E-state index contributed by atoms with van der Waals surface area (Å²) in [5, 5.41) is 2.48. The van der Waals surface area contributed by atoms with Gasteiger partial charge in [0.2, 0.25) is 0 Å². The van der Waals surface area contributed by atoms with Gasteiger partial charge in [0.1, 0.15) is 11.7 Å². The lowest BCUT2D eigenvalue weighted by Gasteiger charge is -2.31. The maximum absolute atomic E-state index is 5.90. The van der Waals surface area contributed by atoms with Gasteiger partial charge in [-0.05, 0) is 29.3 Å². The Labute approximate surface area is 143 Å². The monoisotopic (exact) mass is 324 g/mol. The highest BCUT2D eigenvalue weighted by Gasteiger charge is 2.30. The molecule has 0 bridgehead atoms. The van der Waals surface area contributed by atoms with Crippen LogP contribution >= 0.6 is 0 Å².